The van der Waals surface area contributed by atoms with E-state index >= 15 is 0 Å². The van der Waals surface area contributed by atoms with Gasteiger partial charge in [-0.05, 0) is 11.5 Å². The Kier molecular flexibility index (Phi) is 4.23. The van der Waals surface area contributed by atoms with Crippen LogP contribution in [0.2, 0.25) is 0 Å². The third kappa shape index (κ3) is 4.42. The lowest BCUT2D eigenvalue weighted by Gasteiger charge is -2.04. The van der Waals surface area contributed by atoms with Gasteiger partial charge in [-0.3, -0.25) is 0 Å². The average molecular weight is 283 g/mol. The van der Waals surface area contributed by atoms with Gasteiger partial charge in [0.05, 0.1) is 21.9 Å². The van der Waals surface area contributed by atoms with Crippen molar-refractivity contribution in [1.29, 1.82) is 0 Å². The van der Waals surface area contributed by atoms with Gasteiger partial charge in [-0.2, -0.15) is 0 Å². The molecule has 102 valence electrons. The third-order valence-electron chi connectivity index (χ3n) is 2.48. The Morgan fingerprint density at radius 3 is 2.79 bits per heavy atom. The molecule has 19 heavy (non-hydrogen) atoms. The van der Waals surface area contributed by atoms with Gasteiger partial charge in [0.15, 0.2) is 12.7 Å². The highest BCUT2D eigenvalue weighted by Gasteiger charge is 2.07. The van der Waals surface area contributed by atoms with Crippen LogP contribution in [0, 0.1) is 0 Å². The van der Waals surface area contributed by atoms with Crippen molar-refractivity contribution in [3.05, 3.63) is 30.9 Å². The maximum Gasteiger partial charge on any atom is 0.227 e. The van der Waals surface area contributed by atoms with Crippen LogP contribution < -0.4 is 4.68 Å². The lowest BCUT2D eigenvalue weighted by atomic mass is 10.3. The standard InChI is InChI=1S/C11H13N3O4S/c15-19(16,17)8-2-1-5-14-6-3-10(9-13-14)11-12-4-7-18-11/h3-4,6-7,9H,1-2,5,8H2. The molecule has 0 aliphatic heterocycles. The van der Waals surface area contributed by atoms with Crippen LogP contribution in [0.1, 0.15) is 12.8 Å². The second kappa shape index (κ2) is 5.89. The fourth-order valence-corrected chi connectivity index (χ4v) is 2.12. The summed E-state index contributed by atoms with van der Waals surface area (Å²) in [5, 5.41) is 4.16. The van der Waals surface area contributed by atoms with Crippen LogP contribution in [0.3, 0.4) is 0 Å². The van der Waals surface area contributed by atoms with Crippen molar-refractivity contribution >= 4 is 10.1 Å². The first kappa shape index (κ1) is 13.6. The van der Waals surface area contributed by atoms with Crippen LogP contribution in [0.25, 0.3) is 11.5 Å². The molecule has 2 rings (SSSR count). The molecule has 2 aromatic heterocycles. The van der Waals surface area contributed by atoms with Gasteiger partial charge in [0.25, 0.3) is 0 Å². The van der Waals surface area contributed by atoms with E-state index in [9.17, 15) is 13.0 Å². The summed E-state index contributed by atoms with van der Waals surface area (Å²) in [5.41, 5.74) is 0.767. The molecule has 0 saturated carbocycles. The smallest absolute Gasteiger partial charge is 0.227 e. The van der Waals surface area contributed by atoms with E-state index in [1.165, 1.54) is 6.26 Å². The molecule has 0 aliphatic carbocycles. The second-order valence-electron chi connectivity index (χ2n) is 3.98. The summed E-state index contributed by atoms with van der Waals surface area (Å²) in [5.74, 6) is 0.166. The summed E-state index contributed by atoms with van der Waals surface area (Å²) in [6.07, 6.45) is 7.33. The number of aromatic nitrogens is 3. The number of aryl methyl sites for hydroxylation is 1. The lowest BCUT2D eigenvalue weighted by Crippen LogP contribution is -2.37. The van der Waals surface area contributed by atoms with E-state index in [0.717, 1.165) is 5.56 Å². The first-order valence-corrected chi connectivity index (χ1v) is 7.31. The largest absolute Gasteiger partial charge is 0.748 e. The zero-order chi connectivity index (χ0) is 13.7. The molecule has 0 unspecified atom stereocenters. The summed E-state index contributed by atoms with van der Waals surface area (Å²) in [6, 6.07) is 1.81. The molecule has 0 aliphatic rings. The van der Waals surface area contributed by atoms with Gasteiger partial charge in [0.2, 0.25) is 5.89 Å². The predicted octanol–water partition coefficient (Wildman–Crippen LogP) is 0.349. The number of oxazole rings is 1. The van der Waals surface area contributed by atoms with Crippen molar-refractivity contribution in [2.75, 3.05) is 5.75 Å². The monoisotopic (exact) mass is 283 g/mol. The molecule has 0 atom stereocenters. The molecule has 7 nitrogen and oxygen atoms in total. The van der Waals surface area contributed by atoms with Crippen LogP contribution in [-0.4, -0.2) is 28.8 Å². The van der Waals surface area contributed by atoms with Gasteiger partial charge >= 0.3 is 0 Å². The Bertz CT molecular complexity index is 608. The van der Waals surface area contributed by atoms with Crippen molar-refractivity contribution < 1.29 is 22.1 Å². The highest BCUT2D eigenvalue weighted by molar-refractivity contribution is 7.85. The zero-order valence-electron chi connectivity index (χ0n) is 10.1. The Morgan fingerprint density at radius 2 is 2.21 bits per heavy atom. The van der Waals surface area contributed by atoms with Crippen molar-refractivity contribution in [3.63, 3.8) is 0 Å². The molecular formula is C11H13N3O4S. The summed E-state index contributed by atoms with van der Waals surface area (Å²) < 4.78 is 38.1. The highest BCUT2D eigenvalue weighted by Crippen LogP contribution is 2.13. The second-order valence-corrected chi connectivity index (χ2v) is 5.51. The first-order valence-electron chi connectivity index (χ1n) is 5.74. The Balaban J connectivity index is 1.86. The van der Waals surface area contributed by atoms with Crippen LogP contribution in [-0.2, 0) is 16.7 Å². The quantitative estimate of drug-likeness (QED) is 0.431. The fourth-order valence-electron chi connectivity index (χ4n) is 1.56. The summed E-state index contributed by atoms with van der Waals surface area (Å²) in [4.78, 5) is 4.00. The Hall–Kier alpha value is -1.80. The Labute approximate surface area is 110 Å². The van der Waals surface area contributed by atoms with Gasteiger partial charge in [-0.15, -0.1) is 0 Å². The molecule has 2 aromatic rings. The highest BCUT2D eigenvalue weighted by atomic mass is 32.2. The van der Waals surface area contributed by atoms with Gasteiger partial charge in [-0.25, -0.2) is 13.4 Å². The van der Waals surface area contributed by atoms with Gasteiger partial charge < -0.3 is 8.97 Å². The van der Waals surface area contributed by atoms with Crippen LogP contribution in [0.4, 0.5) is 0 Å². The maximum absolute atomic E-state index is 10.4. The summed E-state index contributed by atoms with van der Waals surface area (Å²) in [7, 11) is -4.12. The number of nitrogens with zero attached hydrogens (tertiary/aromatic N) is 3. The predicted molar refractivity (Wildman–Crippen MR) is 63.7 cm³/mol. The molecular weight excluding hydrogens is 270 g/mol. The van der Waals surface area contributed by atoms with Crippen molar-refractivity contribution in [1.82, 2.24) is 10.1 Å². The molecule has 8 heteroatoms. The fraction of sp³-hybridized carbons (Fsp3) is 0.364. The van der Waals surface area contributed by atoms with Crippen LogP contribution in [0.5, 0.6) is 0 Å². The van der Waals surface area contributed by atoms with Gasteiger partial charge in [0, 0.05) is 18.2 Å². The SMILES string of the molecule is O=S(=O)([O-])CCCC[n+]1ccc(-c2ncco2)cn1. The Morgan fingerprint density at radius 1 is 1.37 bits per heavy atom. The topological polar surface area (TPSA) is 100 Å². The number of rotatable bonds is 6. The third-order valence-corrected chi connectivity index (χ3v) is 3.27. The number of hydrogen-bond acceptors (Lipinski definition) is 6. The first-order chi connectivity index (χ1) is 9.04. The molecule has 0 saturated heterocycles. The summed E-state index contributed by atoms with van der Waals surface area (Å²) >= 11 is 0. The molecule has 0 aromatic carbocycles. The zero-order valence-corrected chi connectivity index (χ0v) is 10.9. The molecule has 0 radical (unpaired) electrons. The van der Waals surface area contributed by atoms with E-state index in [1.54, 1.807) is 23.3 Å². The lowest BCUT2D eigenvalue weighted by molar-refractivity contribution is -0.754. The van der Waals surface area contributed by atoms with E-state index in [2.05, 4.69) is 10.1 Å². The molecule has 0 spiro atoms. The van der Waals surface area contributed by atoms with E-state index in [4.69, 9.17) is 4.42 Å². The molecule has 0 N–H and O–H groups in total. The maximum atomic E-state index is 10.4. The molecule has 0 bridgehead atoms. The van der Waals surface area contributed by atoms with E-state index < -0.39 is 10.1 Å². The number of unbranched alkanes of at least 4 members (excludes halogenated alkanes) is 1. The van der Waals surface area contributed by atoms with Crippen LogP contribution in [0.15, 0.2) is 35.3 Å². The minimum Gasteiger partial charge on any atom is -0.748 e. The normalized spacial score (nSPS) is 11.6. The minimum atomic E-state index is -4.12. The molecule has 0 fully saturated rings. The van der Waals surface area contributed by atoms with E-state index in [-0.39, 0.29) is 5.75 Å². The molecule has 0 amide bonds. The molecule has 2 heterocycles. The average Bonchev–Trinajstić information content (AvgIpc) is 2.88. The van der Waals surface area contributed by atoms with E-state index in [0.29, 0.717) is 25.3 Å². The van der Waals surface area contributed by atoms with Crippen molar-refractivity contribution in [2.24, 2.45) is 0 Å². The van der Waals surface area contributed by atoms with Crippen molar-refractivity contribution in [3.8, 4) is 11.5 Å². The van der Waals surface area contributed by atoms with Gasteiger partial charge in [0.1, 0.15) is 12.5 Å². The van der Waals surface area contributed by atoms with Crippen LogP contribution >= 0.6 is 0 Å². The number of hydrogen-bond donors (Lipinski definition) is 0. The summed E-state index contributed by atoms with van der Waals surface area (Å²) in [6.45, 7) is 0.557. The van der Waals surface area contributed by atoms with E-state index in [1.807, 2.05) is 6.07 Å². The van der Waals surface area contributed by atoms with Crippen molar-refractivity contribution in [2.45, 2.75) is 19.4 Å². The van der Waals surface area contributed by atoms with Gasteiger partial charge in [-0.1, -0.05) is 4.68 Å². The minimum absolute atomic E-state index is 0.331.